The molecule has 0 unspecified atom stereocenters. The van der Waals surface area contributed by atoms with E-state index in [4.69, 9.17) is 14.2 Å². The van der Waals surface area contributed by atoms with Crippen molar-refractivity contribution in [3.05, 3.63) is 11.8 Å². The Kier molecular flexibility index (Phi) is 5.31. The van der Waals surface area contributed by atoms with Gasteiger partial charge in [-0.25, -0.2) is 0 Å². The second-order valence-electron chi connectivity index (χ2n) is 6.92. The summed E-state index contributed by atoms with van der Waals surface area (Å²) in [7, 11) is 0. The average Bonchev–Trinajstić information content (AvgIpc) is 2.80. The smallest absolute Gasteiger partial charge is 0.210 e. The quantitative estimate of drug-likeness (QED) is 0.235. The zero-order valence-corrected chi connectivity index (χ0v) is 13.9. The SMILES string of the molecule is CC1=CO[C@@H](O[C@@H]2O[C@H](CO)[C@@H](O)[C@H](O)[C@H]2O)[C@@H]2[C@@H](O)[C@H](O)[C@@H](O)[C@]12O. The van der Waals surface area contributed by atoms with E-state index in [0.29, 0.717) is 0 Å². The Hall–Kier alpha value is -0.860. The number of aliphatic hydroxyl groups excluding tert-OH is 7. The standard InChI is InChI=1S/C15H24O11/c1-4-3-24-13(6-8(18)10(20)12(22)15(4,6)23)26-14-11(21)9(19)7(17)5(2-16)25-14/h3,5-14,16-23H,2H2,1H3/t5-,6+,7-,8-,9+,10+,11-,12-,13+,14+,15+/m1/s1. The molecule has 26 heavy (non-hydrogen) atoms. The van der Waals surface area contributed by atoms with Gasteiger partial charge in [0.05, 0.1) is 24.9 Å². The van der Waals surface area contributed by atoms with Crippen LogP contribution in [0.25, 0.3) is 0 Å². The van der Waals surface area contributed by atoms with Crippen molar-refractivity contribution in [1.82, 2.24) is 0 Å². The number of aliphatic hydroxyl groups is 8. The van der Waals surface area contributed by atoms with E-state index >= 15 is 0 Å². The van der Waals surface area contributed by atoms with Crippen molar-refractivity contribution in [2.45, 2.75) is 67.8 Å². The summed E-state index contributed by atoms with van der Waals surface area (Å²) in [5, 5.41) is 79.9. The molecule has 0 radical (unpaired) electrons. The lowest BCUT2D eigenvalue weighted by molar-refractivity contribution is -0.349. The van der Waals surface area contributed by atoms with Gasteiger partial charge < -0.3 is 55.1 Å². The summed E-state index contributed by atoms with van der Waals surface area (Å²) in [5.41, 5.74) is -1.89. The molecule has 0 bridgehead atoms. The molecule has 8 N–H and O–H groups in total. The highest BCUT2D eigenvalue weighted by Gasteiger charge is 2.65. The van der Waals surface area contributed by atoms with E-state index in [1.165, 1.54) is 6.92 Å². The number of hydrogen-bond donors (Lipinski definition) is 8. The van der Waals surface area contributed by atoms with Crippen LogP contribution in [0, 0.1) is 5.92 Å². The van der Waals surface area contributed by atoms with Gasteiger partial charge in [0, 0.05) is 0 Å². The summed E-state index contributed by atoms with van der Waals surface area (Å²) in [6.07, 6.45) is -13.2. The Labute approximate surface area is 148 Å². The van der Waals surface area contributed by atoms with Crippen molar-refractivity contribution in [1.29, 1.82) is 0 Å². The summed E-state index contributed by atoms with van der Waals surface area (Å²) in [5.74, 6) is -1.33. The lowest BCUT2D eigenvalue weighted by Gasteiger charge is -2.45. The highest BCUT2D eigenvalue weighted by atomic mass is 16.8. The van der Waals surface area contributed by atoms with Crippen molar-refractivity contribution in [3.63, 3.8) is 0 Å². The Balaban J connectivity index is 1.84. The number of hydrogen-bond acceptors (Lipinski definition) is 11. The second kappa shape index (κ2) is 6.95. The van der Waals surface area contributed by atoms with Crippen LogP contribution in [0.5, 0.6) is 0 Å². The predicted octanol–water partition coefficient (Wildman–Crippen LogP) is -4.49. The molecular formula is C15H24O11. The Bertz CT molecular complexity index is 554. The third kappa shape index (κ3) is 2.76. The molecule has 11 atom stereocenters. The van der Waals surface area contributed by atoms with Gasteiger partial charge in [-0.2, -0.15) is 0 Å². The molecule has 0 amide bonds. The second-order valence-corrected chi connectivity index (χ2v) is 6.92. The molecule has 1 aliphatic carbocycles. The van der Waals surface area contributed by atoms with Gasteiger partial charge in [0.1, 0.15) is 42.2 Å². The molecule has 3 aliphatic rings. The largest absolute Gasteiger partial charge is 0.472 e. The first-order chi connectivity index (χ1) is 12.1. The van der Waals surface area contributed by atoms with Gasteiger partial charge in [0.25, 0.3) is 0 Å². The first-order valence-corrected chi connectivity index (χ1v) is 8.19. The summed E-state index contributed by atoms with van der Waals surface area (Å²) in [6, 6.07) is 0. The maximum atomic E-state index is 10.8. The van der Waals surface area contributed by atoms with Crippen LogP contribution >= 0.6 is 0 Å². The van der Waals surface area contributed by atoms with Gasteiger partial charge in [0.15, 0.2) is 6.29 Å². The first-order valence-electron chi connectivity index (χ1n) is 8.19. The van der Waals surface area contributed by atoms with Gasteiger partial charge in [-0.1, -0.05) is 0 Å². The van der Waals surface area contributed by atoms with Crippen LogP contribution in [0.3, 0.4) is 0 Å². The van der Waals surface area contributed by atoms with E-state index < -0.39 is 73.4 Å². The molecule has 11 nitrogen and oxygen atoms in total. The van der Waals surface area contributed by atoms with E-state index in [1.54, 1.807) is 0 Å². The lowest BCUT2D eigenvalue weighted by atomic mass is 9.81. The maximum absolute atomic E-state index is 10.8. The van der Waals surface area contributed by atoms with E-state index in [-0.39, 0.29) is 5.57 Å². The third-order valence-corrected chi connectivity index (χ3v) is 5.42. The molecule has 0 aromatic heterocycles. The van der Waals surface area contributed by atoms with Gasteiger partial charge in [-0.05, 0) is 12.5 Å². The molecule has 1 saturated heterocycles. The topological polar surface area (TPSA) is 190 Å². The fraction of sp³-hybridized carbons (Fsp3) is 0.867. The minimum absolute atomic E-state index is 0.152. The normalized spacial score (nSPS) is 54.4. The minimum Gasteiger partial charge on any atom is -0.472 e. The van der Waals surface area contributed by atoms with Crippen molar-refractivity contribution < 1.29 is 55.1 Å². The molecule has 2 aliphatic heterocycles. The maximum Gasteiger partial charge on any atom is 0.210 e. The Morgan fingerprint density at radius 1 is 0.962 bits per heavy atom. The van der Waals surface area contributed by atoms with Crippen molar-refractivity contribution in [2.24, 2.45) is 5.92 Å². The average molecular weight is 380 g/mol. The molecule has 3 rings (SSSR count). The van der Waals surface area contributed by atoms with Crippen molar-refractivity contribution in [3.8, 4) is 0 Å². The molecule has 150 valence electrons. The van der Waals surface area contributed by atoms with Crippen LogP contribution in [0.15, 0.2) is 11.8 Å². The van der Waals surface area contributed by atoms with Gasteiger partial charge in [-0.3, -0.25) is 0 Å². The van der Waals surface area contributed by atoms with E-state index in [2.05, 4.69) is 0 Å². The monoisotopic (exact) mass is 380 g/mol. The van der Waals surface area contributed by atoms with Crippen LogP contribution < -0.4 is 0 Å². The zero-order chi connectivity index (χ0) is 19.4. The van der Waals surface area contributed by atoms with E-state index in [0.717, 1.165) is 6.26 Å². The molecule has 0 aromatic carbocycles. The summed E-state index contributed by atoms with van der Waals surface area (Å²) in [6.45, 7) is 0.772. The Morgan fingerprint density at radius 3 is 2.23 bits per heavy atom. The van der Waals surface area contributed by atoms with Gasteiger partial charge in [-0.15, -0.1) is 0 Å². The first kappa shape index (κ1) is 19.9. The summed E-state index contributed by atoms with van der Waals surface area (Å²) >= 11 is 0. The highest BCUT2D eigenvalue weighted by Crippen LogP contribution is 2.47. The van der Waals surface area contributed by atoms with Crippen LogP contribution in [-0.4, -0.2) is 108 Å². The molecule has 0 spiro atoms. The fourth-order valence-corrected chi connectivity index (χ4v) is 3.76. The third-order valence-electron chi connectivity index (χ3n) is 5.42. The minimum atomic E-state index is -2.05. The van der Waals surface area contributed by atoms with Crippen molar-refractivity contribution >= 4 is 0 Å². The molecule has 2 heterocycles. The molecular weight excluding hydrogens is 356 g/mol. The predicted molar refractivity (Wildman–Crippen MR) is 79.9 cm³/mol. The van der Waals surface area contributed by atoms with E-state index in [9.17, 15) is 40.9 Å². The van der Waals surface area contributed by atoms with Gasteiger partial charge in [0.2, 0.25) is 6.29 Å². The number of rotatable bonds is 3. The summed E-state index contributed by atoms with van der Waals surface area (Å²) < 4.78 is 15.9. The number of ether oxygens (including phenoxy) is 3. The van der Waals surface area contributed by atoms with Crippen LogP contribution in [0.2, 0.25) is 0 Å². The molecule has 1 saturated carbocycles. The fourth-order valence-electron chi connectivity index (χ4n) is 3.76. The van der Waals surface area contributed by atoms with Gasteiger partial charge >= 0.3 is 0 Å². The zero-order valence-electron chi connectivity index (χ0n) is 13.9. The molecule has 0 aromatic rings. The highest BCUT2D eigenvalue weighted by molar-refractivity contribution is 5.27. The summed E-state index contributed by atoms with van der Waals surface area (Å²) in [4.78, 5) is 0. The van der Waals surface area contributed by atoms with E-state index in [1.807, 2.05) is 0 Å². The van der Waals surface area contributed by atoms with Crippen molar-refractivity contribution in [2.75, 3.05) is 6.61 Å². The molecule has 11 heteroatoms. The van der Waals surface area contributed by atoms with Crippen LogP contribution in [0.4, 0.5) is 0 Å². The Morgan fingerprint density at radius 2 is 1.62 bits per heavy atom. The van der Waals surface area contributed by atoms with Crippen LogP contribution in [0.1, 0.15) is 6.92 Å². The molecule has 2 fully saturated rings. The number of fused-ring (bicyclic) bond motifs is 1. The van der Waals surface area contributed by atoms with Crippen LogP contribution in [-0.2, 0) is 14.2 Å². The lowest BCUT2D eigenvalue weighted by Crippen LogP contribution is -2.61.